The predicted molar refractivity (Wildman–Crippen MR) is 159 cm³/mol. The number of aliphatic hydroxyl groups excluding tert-OH is 2. The van der Waals surface area contributed by atoms with E-state index in [1.165, 1.54) is 116 Å². The van der Waals surface area contributed by atoms with Crippen LogP contribution < -0.4 is 5.48 Å². The van der Waals surface area contributed by atoms with Gasteiger partial charge in [-0.3, -0.25) is 4.79 Å². The second kappa shape index (κ2) is 29.3. The number of hydroxylamine groups is 1. The molecule has 0 saturated carbocycles. The molecule has 0 aliphatic carbocycles. The molecule has 0 heterocycles. The molecular formula is C32H65NO5. The van der Waals surface area contributed by atoms with Gasteiger partial charge in [0.25, 0.3) is 0 Å². The summed E-state index contributed by atoms with van der Waals surface area (Å²) < 4.78 is 5.35. The van der Waals surface area contributed by atoms with Gasteiger partial charge in [0.1, 0.15) is 12.1 Å². The molecule has 0 amide bonds. The Kier molecular flexibility index (Phi) is 28.8. The van der Waals surface area contributed by atoms with Gasteiger partial charge in [-0.15, -0.1) is 0 Å². The molecule has 0 atom stereocenters. The highest BCUT2D eigenvalue weighted by Crippen LogP contribution is 2.14. The molecular weight excluding hydrogens is 478 g/mol. The maximum Gasteiger partial charge on any atom is 0.305 e. The minimum atomic E-state index is -1.16. The zero-order chi connectivity index (χ0) is 28.0. The van der Waals surface area contributed by atoms with Gasteiger partial charge in [-0.25, -0.2) is 0 Å². The summed E-state index contributed by atoms with van der Waals surface area (Å²) in [6.07, 6.45) is 29.4. The predicted octanol–water partition coefficient (Wildman–Crippen LogP) is 8.18. The highest BCUT2D eigenvalue weighted by molar-refractivity contribution is 5.69. The SMILES string of the molecule is CCCCCCCCCCCCCCONC(CO)(CO)COC(=O)CCCCCCCCCCCCC. The molecule has 0 unspecified atom stereocenters. The summed E-state index contributed by atoms with van der Waals surface area (Å²) in [5, 5.41) is 19.6. The van der Waals surface area contributed by atoms with Crippen LogP contribution in [0.3, 0.4) is 0 Å². The monoisotopic (exact) mass is 543 g/mol. The van der Waals surface area contributed by atoms with Gasteiger partial charge < -0.3 is 19.8 Å². The van der Waals surface area contributed by atoms with Crippen LogP contribution in [0.5, 0.6) is 0 Å². The van der Waals surface area contributed by atoms with Crippen molar-refractivity contribution in [2.45, 2.75) is 173 Å². The fraction of sp³-hybridized carbons (Fsp3) is 0.969. The van der Waals surface area contributed by atoms with E-state index in [1.807, 2.05) is 0 Å². The van der Waals surface area contributed by atoms with Gasteiger partial charge in [0.2, 0.25) is 0 Å². The van der Waals surface area contributed by atoms with E-state index in [2.05, 4.69) is 19.3 Å². The average molecular weight is 544 g/mol. The van der Waals surface area contributed by atoms with E-state index in [0.29, 0.717) is 13.0 Å². The molecule has 0 saturated heterocycles. The second-order valence-corrected chi connectivity index (χ2v) is 11.4. The average Bonchev–Trinajstić information content (AvgIpc) is 2.93. The first-order valence-electron chi connectivity index (χ1n) is 16.4. The van der Waals surface area contributed by atoms with Crippen LogP contribution in [0, 0.1) is 0 Å². The summed E-state index contributed by atoms with van der Waals surface area (Å²) in [5.74, 6) is -0.282. The summed E-state index contributed by atoms with van der Waals surface area (Å²) in [5.41, 5.74) is 1.60. The van der Waals surface area contributed by atoms with Crippen LogP contribution in [-0.4, -0.2) is 48.1 Å². The topological polar surface area (TPSA) is 88.0 Å². The standard InChI is InChI=1S/C32H65NO5/c1-3-5-7-9-11-13-15-17-19-21-23-25-27-38-33-32(28-34,29-35)30-37-31(36)26-24-22-20-18-16-14-12-10-8-6-4-2/h33-35H,3-30H2,1-2H3. The van der Waals surface area contributed by atoms with Crippen LogP contribution in [0.1, 0.15) is 168 Å². The van der Waals surface area contributed by atoms with Crippen molar-refractivity contribution < 1.29 is 24.6 Å². The van der Waals surface area contributed by atoms with Crippen LogP contribution in [0.25, 0.3) is 0 Å². The number of rotatable bonds is 31. The summed E-state index contributed by atoms with van der Waals surface area (Å²) >= 11 is 0. The fourth-order valence-electron chi connectivity index (χ4n) is 4.68. The third-order valence-corrected chi connectivity index (χ3v) is 7.49. The van der Waals surface area contributed by atoms with Crippen LogP contribution in [-0.2, 0) is 14.4 Å². The fourth-order valence-corrected chi connectivity index (χ4v) is 4.68. The Hall–Kier alpha value is -0.690. The number of nitrogens with one attached hydrogen (secondary N) is 1. The Balaban J connectivity index is 3.69. The van der Waals surface area contributed by atoms with Crippen molar-refractivity contribution in [3.8, 4) is 0 Å². The molecule has 6 heteroatoms. The van der Waals surface area contributed by atoms with E-state index < -0.39 is 5.54 Å². The number of unbranched alkanes of at least 4 members (excludes halogenated alkanes) is 21. The third-order valence-electron chi connectivity index (χ3n) is 7.49. The van der Waals surface area contributed by atoms with Gasteiger partial charge in [0, 0.05) is 6.42 Å². The van der Waals surface area contributed by atoms with Crippen molar-refractivity contribution in [2.24, 2.45) is 0 Å². The molecule has 0 rings (SSSR count). The summed E-state index contributed by atoms with van der Waals surface area (Å²) in [7, 11) is 0. The summed E-state index contributed by atoms with van der Waals surface area (Å²) in [6.45, 7) is 4.18. The zero-order valence-corrected chi connectivity index (χ0v) is 25.4. The van der Waals surface area contributed by atoms with E-state index >= 15 is 0 Å². The lowest BCUT2D eigenvalue weighted by Crippen LogP contribution is -2.55. The molecule has 0 spiro atoms. The number of carbonyl (C=O) groups excluding carboxylic acids is 1. The number of hydrogen-bond donors (Lipinski definition) is 3. The Labute approximate surface area is 236 Å². The van der Waals surface area contributed by atoms with E-state index in [9.17, 15) is 15.0 Å². The molecule has 0 aromatic carbocycles. The van der Waals surface area contributed by atoms with Crippen molar-refractivity contribution in [3.05, 3.63) is 0 Å². The summed E-state index contributed by atoms with van der Waals surface area (Å²) in [6, 6.07) is 0. The molecule has 6 nitrogen and oxygen atoms in total. The smallest absolute Gasteiger partial charge is 0.305 e. The number of carbonyl (C=O) groups is 1. The molecule has 0 aliphatic heterocycles. The largest absolute Gasteiger partial charge is 0.463 e. The first kappa shape index (κ1) is 37.3. The van der Waals surface area contributed by atoms with Crippen molar-refractivity contribution in [3.63, 3.8) is 0 Å². The van der Waals surface area contributed by atoms with Gasteiger partial charge in [-0.1, -0.05) is 149 Å². The van der Waals surface area contributed by atoms with Crippen LogP contribution in [0.2, 0.25) is 0 Å². The maximum atomic E-state index is 12.1. The quantitative estimate of drug-likeness (QED) is 0.0464. The van der Waals surface area contributed by atoms with Crippen molar-refractivity contribution in [1.29, 1.82) is 0 Å². The van der Waals surface area contributed by atoms with E-state index in [4.69, 9.17) is 9.57 Å². The van der Waals surface area contributed by atoms with E-state index in [-0.39, 0.29) is 25.8 Å². The molecule has 0 fully saturated rings. The molecule has 228 valence electrons. The van der Waals surface area contributed by atoms with Gasteiger partial charge in [-0.2, -0.15) is 5.48 Å². The molecule has 0 aliphatic rings. The van der Waals surface area contributed by atoms with Crippen molar-refractivity contribution in [1.82, 2.24) is 5.48 Å². The Bertz CT molecular complexity index is 484. The lowest BCUT2D eigenvalue weighted by molar-refractivity contribution is -0.152. The number of ether oxygens (including phenoxy) is 1. The Morgan fingerprint density at radius 2 is 0.947 bits per heavy atom. The number of aliphatic hydroxyl groups is 2. The normalized spacial score (nSPS) is 11.8. The maximum absolute atomic E-state index is 12.1. The number of hydrogen-bond acceptors (Lipinski definition) is 6. The highest BCUT2D eigenvalue weighted by atomic mass is 16.7. The van der Waals surface area contributed by atoms with Gasteiger partial charge in [0.15, 0.2) is 0 Å². The minimum Gasteiger partial charge on any atom is -0.463 e. The Morgan fingerprint density at radius 3 is 1.34 bits per heavy atom. The van der Waals surface area contributed by atoms with Crippen molar-refractivity contribution in [2.75, 3.05) is 26.4 Å². The van der Waals surface area contributed by atoms with Gasteiger partial charge >= 0.3 is 5.97 Å². The summed E-state index contributed by atoms with van der Waals surface area (Å²) in [4.78, 5) is 17.6. The molecule has 3 N–H and O–H groups in total. The lowest BCUT2D eigenvalue weighted by Gasteiger charge is -2.29. The van der Waals surface area contributed by atoms with Crippen LogP contribution in [0.15, 0.2) is 0 Å². The van der Waals surface area contributed by atoms with Crippen LogP contribution in [0.4, 0.5) is 0 Å². The minimum absolute atomic E-state index is 0.102. The van der Waals surface area contributed by atoms with Gasteiger partial charge in [-0.05, 0) is 12.8 Å². The Morgan fingerprint density at radius 1 is 0.579 bits per heavy atom. The molecule has 38 heavy (non-hydrogen) atoms. The lowest BCUT2D eigenvalue weighted by atomic mass is 10.0. The van der Waals surface area contributed by atoms with Crippen molar-refractivity contribution >= 4 is 5.97 Å². The van der Waals surface area contributed by atoms with E-state index in [0.717, 1.165) is 32.1 Å². The first-order chi connectivity index (χ1) is 18.6. The van der Waals surface area contributed by atoms with Gasteiger partial charge in [0.05, 0.1) is 19.8 Å². The second-order valence-electron chi connectivity index (χ2n) is 11.4. The van der Waals surface area contributed by atoms with Crippen LogP contribution >= 0.6 is 0 Å². The molecule has 0 radical (unpaired) electrons. The first-order valence-corrected chi connectivity index (χ1v) is 16.4. The zero-order valence-electron chi connectivity index (χ0n) is 25.4. The molecule has 0 aromatic heterocycles. The highest BCUT2D eigenvalue weighted by Gasteiger charge is 2.31. The molecule has 0 aromatic rings. The molecule has 0 bridgehead atoms. The third kappa shape index (κ3) is 24.4. The van der Waals surface area contributed by atoms with E-state index in [1.54, 1.807) is 0 Å². The number of esters is 1.